The Morgan fingerprint density at radius 3 is 2.64 bits per heavy atom. The van der Waals surface area contributed by atoms with E-state index < -0.39 is 10.2 Å². The van der Waals surface area contributed by atoms with Crippen molar-refractivity contribution in [3.8, 4) is 0 Å². The number of hydrogen-bond donors (Lipinski definition) is 2. The standard InChI is InChI=1S/C3H6N4O3S/c1-2-5-3(10-6-2)7-11(4,8)9/h1H3,(H2,4,8,9)(H,5,6,7). The van der Waals surface area contributed by atoms with E-state index in [1.54, 1.807) is 6.92 Å². The van der Waals surface area contributed by atoms with E-state index in [1.807, 2.05) is 4.72 Å². The summed E-state index contributed by atoms with van der Waals surface area (Å²) >= 11 is 0. The monoisotopic (exact) mass is 178 g/mol. The van der Waals surface area contributed by atoms with Gasteiger partial charge < -0.3 is 4.52 Å². The molecule has 0 aromatic carbocycles. The molecular formula is C3H6N4O3S. The highest BCUT2D eigenvalue weighted by atomic mass is 32.2. The summed E-state index contributed by atoms with van der Waals surface area (Å²) in [6, 6.07) is -0.231. The van der Waals surface area contributed by atoms with Gasteiger partial charge >= 0.3 is 6.01 Å². The first-order chi connectivity index (χ1) is 4.97. The molecule has 0 aliphatic heterocycles. The van der Waals surface area contributed by atoms with Crippen LogP contribution in [0.2, 0.25) is 0 Å². The zero-order valence-corrected chi connectivity index (χ0v) is 6.42. The van der Waals surface area contributed by atoms with E-state index in [2.05, 4.69) is 19.8 Å². The van der Waals surface area contributed by atoms with Crippen LogP contribution < -0.4 is 9.86 Å². The summed E-state index contributed by atoms with van der Waals surface area (Å²) in [7, 11) is -3.81. The molecule has 0 spiro atoms. The topological polar surface area (TPSA) is 111 Å². The third-order valence-corrected chi connectivity index (χ3v) is 1.22. The quantitative estimate of drug-likeness (QED) is 0.602. The summed E-state index contributed by atoms with van der Waals surface area (Å²) in [4.78, 5) is 3.55. The number of nitrogens with one attached hydrogen (secondary N) is 1. The molecule has 0 amide bonds. The van der Waals surface area contributed by atoms with E-state index in [4.69, 9.17) is 0 Å². The highest BCUT2D eigenvalue weighted by Gasteiger charge is 2.07. The maximum Gasteiger partial charge on any atom is 0.336 e. The van der Waals surface area contributed by atoms with E-state index in [9.17, 15) is 8.42 Å². The molecule has 1 heterocycles. The van der Waals surface area contributed by atoms with Crippen molar-refractivity contribution < 1.29 is 12.9 Å². The minimum absolute atomic E-state index is 0.231. The summed E-state index contributed by atoms with van der Waals surface area (Å²) in [5.41, 5.74) is 0. The number of hydrogen-bond acceptors (Lipinski definition) is 5. The summed E-state index contributed by atoms with van der Waals surface area (Å²) in [6.45, 7) is 1.55. The number of nitrogens with zero attached hydrogens (tertiary/aromatic N) is 2. The van der Waals surface area contributed by atoms with Crippen molar-refractivity contribution in [2.45, 2.75) is 6.92 Å². The van der Waals surface area contributed by atoms with Crippen LogP contribution in [-0.4, -0.2) is 18.6 Å². The van der Waals surface area contributed by atoms with Crippen LogP contribution in [-0.2, 0) is 10.2 Å². The number of anilines is 1. The van der Waals surface area contributed by atoms with Crippen LogP contribution in [0.1, 0.15) is 5.82 Å². The van der Waals surface area contributed by atoms with Crippen molar-refractivity contribution in [2.75, 3.05) is 4.72 Å². The molecule has 0 unspecified atom stereocenters. The van der Waals surface area contributed by atoms with Crippen molar-refractivity contribution in [1.29, 1.82) is 0 Å². The second-order valence-electron chi connectivity index (χ2n) is 1.79. The molecule has 0 saturated carbocycles. The van der Waals surface area contributed by atoms with Gasteiger partial charge in [-0.05, 0) is 6.92 Å². The van der Waals surface area contributed by atoms with Gasteiger partial charge in [0.15, 0.2) is 5.82 Å². The molecule has 1 aromatic rings. The van der Waals surface area contributed by atoms with Gasteiger partial charge in [0.05, 0.1) is 0 Å². The molecule has 3 N–H and O–H groups in total. The molecule has 0 atom stereocenters. The molecule has 0 aliphatic rings. The first-order valence-corrected chi connectivity index (χ1v) is 4.13. The van der Waals surface area contributed by atoms with E-state index in [1.165, 1.54) is 0 Å². The Kier molecular flexibility index (Phi) is 1.79. The minimum Gasteiger partial charge on any atom is -0.314 e. The number of aryl methyl sites for hydroxylation is 1. The van der Waals surface area contributed by atoms with Gasteiger partial charge in [-0.1, -0.05) is 5.16 Å². The Labute approximate surface area is 62.8 Å². The van der Waals surface area contributed by atoms with Gasteiger partial charge in [0, 0.05) is 0 Å². The molecule has 8 heteroatoms. The number of rotatable bonds is 2. The third kappa shape index (κ3) is 2.51. The highest BCUT2D eigenvalue weighted by Crippen LogP contribution is 2.01. The fourth-order valence-electron chi connectivity index (χ4n) is 0.460. The van der Waals surface area contributed by atoms with Gasteiger partial charge in [-0.2, -0.15) is 13.4 Å². The lowest BCUT2D eigenvalue weighted by Gasteiger charge is -1.92. The van der Waals surface area contributed by atoms with Crippen LogP contribution in [0.25, 0.3) is 0 Å². The second kappa shape index (κ2) is 2.47. The Bertz CT molecular complexity index is 341. The first kappa shape index (κ1) is 7.95. The molecule has 0 fully saturated rings. The molecule has 11 heavy (non-hydrogen) atoms. The van der Waals surface area contributed by atoms with Gasteiger partial charge in [-0.15, -0.1) is 0 Å². The largest absolute Gasteiger partial charge is 0.336 e. The summed E-state index contributed by atoms with van der Waals surface area (Å²) in [5.74, 6) is 0.330. The SMILES string of the molecule is Cc1noc(NS(N)(=O)=O)n1. The average Bonchev–Trinajstić information content (AvgIpc) is 2.10. The van der Waals surface area contributed by atoms with Gasteiger partial charge in [-0.25, -0.2) is 9.86 Å². The van der Waals surface area contributed by atoms with Crippen molar-refractivity contribution >= 4 is 16.2 Å². The Hall–Kier alpha value is -1.15. The van der Waals surface area contributed by atoms with Crippen molar-refractivity contribution in [2.24, 2.45) is 5.14 Å². The minimum atomic E-state index is -3.81. The Morgan fingerprint density at radius 2 is 2.27 bits per heavy atom. The van der Waals surface area contributed by atoms with Crippen molar-refractivity contribution in [3.63, 3.8) is 0 Å². The van der Waals surface area contributed by atoms with Crippen molar-refractivity contribution in [3.05, 3.63) is 5.82 Å². The van der Waals surface area contributed by atoms with Gasteiger partial charge in [0.2, 0.25) is 0 Å². The normalized spacial score (nSPS) is 11.5. The van der Waals surface area contributed by atoms with E-state index in [0.29, 0.717) is 5.82 Å². The first-order valence-electron chi connectivity index (χ1n) is 2.58. The van der Waals surface area contributed by atoms with Crippen molar-refractivity contribution in [1.82, 2.24) is 10.1 Å². The van der Waals surface area contributed by atoms with Gasteiger partial charge in [0.25, 0.3) is 10.2 Å². The molecule has 0 bridgehead atoms. The molecule has 0 aliphatic carbocycles. The average molecular weight is 178 g/mol. The smallest absolute Gasteiger partial charge is 0.314 e. The molecule has 0 saturated heterocycles. The predicted octanol–water partition coefficient (Wildman–Crippen LogP) is -1.01. The molecular weight excluding hydrogens is 172 g/mol. The zero-order valence-electron chi connectivity index (χ0n) is 5.60. The summed E-state index contributed by atoms with van der Waals surface area (Å²) < 4.78 is 26.9. The van der Waals surface area contributed by atoms with Gasteiger partial charge in [0.1, 0.15) is 0 Å². The Balaban J connectivity index is 2.81. The maximum atomic E-state index is 10.3. The van der Waals surface area contributed by atoms with Crippen LogP contribution in [0.15, 0.2) is 4.52 Å². The zero-order chi connectivity index (χ0) is 8.48. The number of nitrogens with two attached hydrogens (primary N) is 1. The van der Waals surface area contributed by atoms with Crippen LogP contribution >= 0.6 is 0 Å². The third-order valence-electron chi connectivity index (χ3n) is 0.757. The Morgan fingerprint density at radius 1 is 1.64 bits per heavy atom. The van der Waals surface area contributed by atoms with E-state index in [-0.39, 0.29) is 6.01 Å². The van der Waals surface area contributed by atoms with Gasteiger partial charge in [-0.3, -0.25) is 0 Å². The fraction of sp³-hybridized carbons (Fsp3) is 0.333. The summed E-state index contributed by atoms with van der Waals surface area (Å²) in [6.07, 6.45) is 0. The molecule has 1 aromatic heterocycles. The lowest BCUT2D eigenvalue weighted by Crippen LogP contribution is -2.21. The predicted molar refractivity (Wildman–Crippen MR) is 35.8 cm³/mol. The van der Waals surface area contributed by atoms with E-state index >= 15 is 0 Å². The summed E-state index contributed by atoms with van der Waals surface area (Å²) in [5, 5.41) is 7.94. The second-order valence-corrected chi connectivity index (χ2v) is 3.09. The number of aromatic nitrogens is 2. The lowest BCUT2D eigenvalue weighted by molar-refractivity contribution is 0.429. The molecule has 0 radical (unpaired) electrons. The van der Waals surface area contributed by atoms with Crippen LogP contribution in [0.3, 0.4) is 0 Å². The fourth-order valence-corrected chi connectivity index (χ4v) is 0.787. The highest BCUT2D eigenvalue weighted by molar-refractivity contribution is 7.90. The maximum absolute atomic E-state index is 10.3. The van der Waals surface area contributed by atoms with Crippen LogP contribution in [0.4, 0.5) is 6.01 Å². The molecule has 62 valence electrons. The molecule has 7 nitrogen and oxygen atoms in total. The van der Waals surface area contributed by atoms with Crippen LogP contribution in [0, 0.1) is 6.92 Å². The van der Waals surface area contributed by atoms with E-state index in [0.717, 1.165) is 0 Å². The molecule has 1 rings (SSSR count). The van der Waals surface area contributed by atoms with Crippen LogP contribution in [0.5, 0.6) is 0 Å². The lowest BCUT2D eigenvalue weighted by atomic mass is 10.8.